The third-order valence-corrected chi connectivity index (χ3v) is 15.8. The number of carbonyl (C=O) groups excluding carboxylic acids is 2. The molecule has 0 aromatic heterocycles. The van der Waals surface area contributed by atoms with Crippen LogP contribution in [0, 0.1) is 0 Å². The van der Waals surface area contributed by atoms with Crippen LogP contribution in [0.1, 0.15) is 48.8 Å². The number of alkyl halides is 12. The highest BCUT2D eigenvalue weighted by Gasteiger charge is 2.61. The number of piperidine rings is 1. The van der Waals surface area contributed by atoms with Gasteiger partial charge in [-0.2, -0.15) is 57.0 Å². The summed E-state index contributed by atoms with van der Waals surface area (Å²) in [4.78, 5) is 34.6. The van der Waals surface area contributed by atoms with Crippen molar-refractivity contribution in [1.82, 2.24) is 23.9 Å². The first-order chi connectivity index (χ1) is 32.6. The first-order valence-electron chi connectivity index (χ1n) is 22.7. The van der Waals surface area contributed by atoms with E-state index in [0.29, 0.717) is 57.1 Å². The van der Waals surface area contributed by atoms with Crippen molar-refractivity contribution in [1.29, 1.82) is 0 Å². The highest BCUT2D eigenvalue weighted by molar-refractivity contribution is 7.89. The lowest BCUT2D eigenvalue weighted by Gasteiger charge is -2.45. The Morgan fingerprint density at radius 3 is 1.77 bits per heavy atom. The molecule has 7 rings (SSSR count). The lowest BCUT2D eigenvalue weighted by atomic mass is 9.84. The lowest BCUT2D eigenvalue weighted by molar-refractivity contribution is -0.309. The van der Waals surface area contributed by atoms with Crippen LogP contribution in [0.2, 0.25) is 5.02 Å². The maximum atomic E-state index is 13.8. The number of amides is 2. The van der Waals surface area contributed by atoms with Crippen LogP contribution in [0.5, 0.6) is 0 Å². The predicted octanol–water partition coefficient (Wildman–Crippen LogP) is 8.05. The molecule has 1 spiro atoms. The fraction of sp³-hybridized carbons (Fsp3) is 0.674. The molecule has 5 aliphatic heterocycles. The summed E-state index contributed by atoms with van der Waals surface area (Å²) in [5.41, 5.74) is 4.00. The number of anilines is 2. The Morgan fingerprint density at radius 1 is 0.629 bits per heavy atom. The van der Waals surface area contributed by atoms with Crippen molar-refractivity contribution in [3.8, 4) is 0 Å². The standard InChI is InChI=1S/C43H52ClF12N7O6S/c44-32-7-6-31(28-57-15-17-61(18-16-57)38(65)69-36(42(51,52)53)43(54,55)56)34(26-32)59-19-21-63(22-20-59)70(66,67)24-23-58-11-1-3-30-5-4-29(25-33(30)58)27-62-12-2-8-39(62)9-13-60(14-10-39)37(64)68-35(40(45,46)47)41(48,49)50/h4-7,25-26,35-36H,1-3,8-24,27-28H2. The van der Waals surface area contributed by atoms with Crippen molar-refractivity contribution in [2.75, 3.05) is 101 Å². The SMILES string of the molecule is O=C(OC(C(F)(F)F)C(F)(F)F)N1CCN(Cc2ccc(Cl)cc2N2CCN(S(=O)(=O)CCN3CCCc4ccc(CN5CCCC56CCN(C(=O)OC(C(F)(F)F)C(F)(F)F)CC6)cc43)CC2)CC1. The first kappa shape index (κ1) is 53.7. The van der Waals surface area contributed by atoms with Crippen LogP contribution < -0.4 is 9.80 Å². The highest BCUT2D eigenvalue weighted by atomic mass is 35.5. The van der Waals surface area contributed by atoms with Gasteiger partial charge in [-0.3, -0.25) is 9.80 Å². The second kappa shape index (κ2) is 20.8. The van der Waals surface area contributed by atoms with Gasteiger partial charge in [0.1, 0.15) is 0 Å². The number of fused-ring (bicyclic) bond motifs is 1. The molecule has 0 radical (unpaired) electrons. The summed E-state index contributed by atoms with van der Waals surface area (Å²) < 4.78 is 193. The molecule has 0 bridgehead atoms. The smallest absolute Gasteiger partial charge is 0.426 e. The minimum atomic E-state index is -5.83. The molecule has 0 N–H and O–H groups in total. The molecule has 0 atom stereocenters. The zero-order valence-corrected chi connectivity index (χ0v) is 39.1. The van der Waals surface area contributed by atoms with E-state index >= 15 is 0 Å². The van der Waals surface area contributed by atoms with Crippen molar-refractivity contribution in [3.63, 3.8) is 0 Å². The molecule has 5 aliphatic rings. The van der Waals surface area contributed by atoms with Gasteiger partial charge in [-0.05, 0) is 80.0 Å². The van der Waals surface area contributed by atoms with E-state index in [-0.39, 0.29) is 64.7 Å². The molecule has 392 valence electrons. The Bertz CT molecular complexity index is 2260. The number of aryl methyl sites for hydroxylation is 1. The van der Waals surface area contributed by atoms with Gasteiger partial charge in [-0.25, -0.2) is 18.0 Å². The van der Waals surface area contributed by atoms with Crippen molar-refractivity contribution in [2.45, 2.75) is 94.1 Å². The van der Waals surface area contributed by atoms with E-state index in [9.17, 15) is 70.7 Å². The van der Waals surface area contributed by atoms with E-state index in [1.54, 1.807) is 18.2 Å². The Kier molecular flexibility index (Phi) is 15.9. The van der Waals surface area contributed by atoms with Gasteiger partial charge in [0.05, 0.1) is 5.75 Å². The fourth-order valence-electron chi connectivity index (χ4n) is 10.0. The molecule has 70 heavy (non-hydrogen) atoms. The summed E-state index contributed by atoms with van der Waals surface area (Å²) in [6, 6.07) is 11.2. The topological polar surface area (TPSA) is 109 Å². The van der Waals surface area contributed by atoms with E-state index < -0.39 is 64.7 Å². The molecule has 4 saturated heterocycles. The largest absolute Gasteiger partial charge is 0.434 e. The van der Waals surface area contributed by atoms with Crippen molar-refractivity contribution < 1.29 is 80.2 Å². The Hall–Kier alpha value is -4.14. The zero-order chi connectivity index (χ0) is 51.0. The molecule has 0 aliphatic carbocycles. The van der Waals surface area contributed by atoms with E-state index in [1.807, 2.05) is 28.0 Å². The van der Waals surface area contributed by atoms with Crippen LogP contribution in [0.15, 0.2) is 36.4 Å². The summed E-state index contributed by atoms with van der Waals surface area (Å²) in [7, 11) is -3.74. The molecular weight excluding hydrogens is 1010 g/mol. The molecule has 4 fully saturated rings. The molecule has 27 heteroatoms. The summed E-state index contributed by atoms with van der Waals surface area (Å²) in [5.74, 6) is -0.160. The molecular formula is C43H52ClF12N7O6S. The average Bonchev–Trinajstić information content (AvgIpc) is 3.66. The van der Waals surface area contributed by atoms with Gasteiger partial charge in [0.15, 0.2) is 0 Å². The van der Waals surface area contributed by atoms with E-state index in [4.69, 9.17) is 11.6 Å². The lowest BCUT2D eigenvalue weighted by Crippen LogP contribution is -2.54. The normalized spacial score (nSPS) is 20.4. The van der Waals surface area contributed by atoms with Crippen LogP contribution in [-0.4, -0.2) is 178 Å². The highest BCUT2D eigenvalue weighted by Crippen LogP contribution is 2.42. The first-order valence-corrected chi connectivity index (χ1v) is 24.6. The second-order valence-electron chi connectivity index (χ2n) is 18.2. The van der Waals surface area contributed by atoms with Gasteiger partial charge in [0.2, 0.25) is 10.0 Å². The summed E-state index contributed by atoms with van der Waals surface area (Å²) in [6.45, 7) is 3.02. The van der Waals surface area contributed by atoms with Gasteiger partial charge < -0.3 is 29.1 Å². The molecule has 2 aromatic rings. The van der Waals surface area contributed by atoms with Crippen LogP contribution in [-0.2, 0) is 39.0 Å². The van der Waals surface area contributed by atoms with E-state index in [1.165, 1.54) is 4.31 Å². The number of piperazine rings is 2. The number of sulfonamides is 1. The quantitative estimate of drug-likeness (QED) is 0.205. The minimum Gasteiger partial charge on any atom is -0.426 e. The molecule has 2 amide bonds. The number of halogens is 13. The van der Waals surface area contributed by atoms with Gasteiger partial charge >= 0.3 is 36.9 Å². The van der Waals surface area contributed by atoms with Crippen molar-refractivity contribution in [3.05, 3.63) is 58.1 Å². The fourth-order valence-corrected chi connectivity index (χ4v) is 11.6. The molecule has 0 saturated carbocycles. The molecule has 13 nitrogen and oxygen atoms in total. The Balaban J connectivity index is 0.906. The van der Waals surface area contributed by atoms with Gasteiger partial charge in [0, 0.05) is 114 Å². The number of carbonyl (C=O) groups is 2. The molecule has 2 aromatic carbocycles. The monoisotopic (exact) mass is 1060 g/mol. The third kappa shape index (κ3) is 12.7. The van der Waals surface area contributed by atoms with E-state index in [2.05, 4.69) is 19.3 Å². The average molecular weight is 1060 g/mol. The number of hydrogen-bond donors (Lipinski definition) is 0. The van der Waals surface area contributed by atoms with Crippen LogP contribution in [0.25, 0.3) is 0 Å². The van der Waals surface area contributed by atoms with Gasteiger partial charge in [-0.1, -0.05) is 29.8 Å². The van der Waals surface area contributed by atoms with E-state index in [0.717, 1.165) is 63.5 Å². The number of rotatable bonds is 11. The molecule has 5 heterocycles. The second-order valence-corrected chi connectivity index (χ2v) is 20.7. The van der Waals surface area contributed by atoms with Crippen LogP contribution >= 0.6 is 11.6 Å². The van der Waals surface area contributed by atoms with Crippen LogP contribution in [0.4, 0.5) is 73.6 Å². The van der Waals surface area contributed by atoms with Crippen molar-refractivity contribution >= 4 is 45.2 Å². The molecule has 0 unspecified atom stereocenters. The summed E-state index contributed by atoms with van der Waals surface area (Å²) >= 11 is 6.38. The number of benzene rings is 2. The van der Waals surface area contributed by atoms with Gasteiger partial charge in [0.25, 0.3) is 12.2 Å². The number of nitrogens with zero attached hydrogens (tertiary/aromatic N) is 7. The third-order valence-electron chi connectivity index (χ3n) is 13.7. The zero-order valence-electron chi connectivity index (χ0n) is 37.6. The Morgan fingerprint density at radius 2 is 1.20 bits per heavy atom. The summed E-state index contributed by atoms with van der Waals surface area (Å²) in [5, 5.41) is 0.415. The Labute approximate surface area is 401 Å². The van der Waals surface area contributed by atoms with Crippen LogP contribution in [0.3, 0.4) is 0 Å². The maximum Gasteiger partial charge on any atom is 0.434 e. The minimum absolute atomic E-state index is 0.0763. The number of likely N-dealkylation sites (tertiary alicyclic amines) is 2. The van der Waals surface area contributed by atoms with Crippen molar-refractivity contribution in [2.24, 2.45) is 0 Å². The van der Waals surface area contributed by atoms with Gasteiger partial charge in [-0.15, -0.1) is 0 Å². The summed E-state index contributed by atoms with van der Waals surface area (Å²) in [6.07, 6.45) is -31.4. The predicted molar refractivity (Wildman–Crippen MR) is 231 cm³/mol. The number of ether oxygens (including phenoxy) is 2. The number of hydrogen-bond acceptors (Lipinski definition) is 10. The maximum absolute atomic E-state index is 13.8.